The monoisotopic (exact) mass is 393 g/mol. The maximum absolute atomic E-state index is 6.04. The van der Waals surface area contributed by atoms with Crippen LogP contribution in [0.5, 0.6) is 0 Å². The van der Waals surface area contributed by atoms with Crippen LogP contribution in [-0.4, -0.2) is 46.0 Å². The molecule has 0 saturated carbocycles. The first-order valence-electron chi connectivity index (χ1n) is 9.68. The van der Waals surface area contributed by atoms with E-state index < -0.39 is 0 Å². The second kappa shape index (κ2) is 8.67. The minimum Gasteiger partial charge on any atom is -0.370 e. The summed E-state index contributed by atoms with van der Waals surface area (Å²) in [5.41, 5.74) is 2.78. The summed E-state index contributed by atoms with van der Waals surface area (Å²) in [5, 5.41) is 4.21. The Balaban J connectivity index is 1.59. The lowest BCUT2D eigenvalue weighted by Gasteiger charge is -2.19. The molecule has 0 aliphatic carbocycles. The molecule has 0 bridgehead atoms. The third-order valence-corrected chi connectivity index (χ3v) is 5.49. The highest BCUT2D eigenvalue weighted by Gasteiger charge is 2.20. The zero-order chi connectivity index (χ0) is 19.3. The Morgan fingerprint density at radius 3 is 2.71 bits per heavy atom. The summed E-state index contributed by atoms with van der Waals surface area (Å²) in [5.74, 6) is 1.50. The quantitative estimate of drug-likeness (QED) is 0.654. The van der Waals surface area contributed by atoms with Gasteiger partial charge in [0.05, 0.1) is 5.69 Å². The molecule has 6 heteroatoms. The van der Waals surface area contributed by atoms with Gasteiger partial charge < -0.3 is 10.2 Å². The largest absolute Gasteiger partial charge is 0.370 e. The smallest absolute Gasteiger partial charge is 0.163 e. The Bertz CT molecular complexity index is 914. The third kappa shape index (κ3) is 4.49. The summed E-state index contributed by atoms with van der Waals surface area (Å²) in [6, 6.07) is 14.3. The van der Waals surface area contributed by atoms with Crippen molar-refractivity contribution >= 4 is 17.4 Å². The van der Waals surface area contributed by atoms with Crippen molar-refractivity contribution in [3.8, 4) is 22.6 Å². The molecular weight excluding hydrogens is 370 g/mol. The number of aromatic nitrogens is 3. The van der Waals surface area contributed by atoms with E-state index in [2.05, 4.69) is 22.2 Å². The van der Waals surface area contributed by atoms with Gasteiger partial charge in [0.1, 0.15) is 5.82 Å². The van der Waals surface area contributed by atoms with Crippen molar-refractivity contribution in [1.82, 2.24) is 19.9 Å². The second-order valence-electron chi connectivity index (χ2n) is 7.20. The van der Waals surface area contributed by atoms with Crippen LogP contribution in [0.25, 0.3) is 22.6 Å². The normalized spacial score (nSPS) is 17.0. The molecule has 5 nitrogen and oxygen atoms in total. The third-order valence-electron chi connectivity index (χ3n) is 5.24. The number of anilines is 1. The molecule has 1 unspecified atom stereocenters. The van der Waals surface area contributed by atoms with Crippen molar-refractivity contribution in [2.24, 2.45) is 0 Å². The molecule has 1 atom stereocenters. The fourth-order valence-electron chi connectivity index (χ4n) is 3.64. The van der Waals surface area contributed by atoms with E-state index in [1.807, 2.05) is 42.5 Å². The fraction of sp³-hybridized carbons (Fsp3) is 0.318. The first-order chi connectivity index (χ1) is 13.7. The van der Waals surface area contributed by atoms with Gasteiger partial charge in [-0.2, -0.15) is 0 Å². The molecule has 4 rings (SSSR count). The highest BCUT2D eigenvalue weighted by molar-refractivity contribution is 6.30. The van der Waals surface area contributed by atoms with Gasteiger partial charge in [-0.1, -0.05) is 23.7 Å². The molecule has 0 spiro atoms. The zero-order valence-electron chi connectivity index (χ0n) is 16.0. The summed E-state index contributed by atoms with van der Waals surface area (Å²) < 4.78 is 0. The van der Waals surface area contributed by atoms with Crippen LogP contribution in [0, 0.1) is 0 Å². The van der Waals surface area contributed by atoms with Crippen molar-refractivity contribution < 1.29 is 0 Å². The van der Waals surface area contributed by atoms with E-state index in [0.717, 1.165) is 35.6 Å². The average Bonchev–Trinajstić information content (AvgIpc) is 3.14. The summed E-state index contributed by atoms with van der Waals surface area (Å²) >= 11 is 6.04. The van der Waals surface area contributed by atoms with Gasteiger partial charge >= 0.3 is 0 Å². The van der Waals surface area contributed by atoms with Gasteiger partial charge in [-0.25, -0.2) is 9.97 Å². The molecule has 1 aromatic carbocycles. The lowest BCUT2D eigenvalue weighted by atomic mass is 10.1. The molecule has 1 fully saturated rings. The SMILES string of the molecule is CN1CCCC1CCNc1cc(-c2ccc(Cl)cc2)nc(-c2cccnc2)n1. The van der Waals surface area contributed by atoms with E-state index in [1.54, 1.807) is 12.4 Å². The predicted molar refractivity (Wildman–Crippen MR) is 114 cm³/mol. The minimum atomic E-state index is 0.655. The van der Waals surface area contributed by atoms with Gasteiger partial charge in [-0.05, 0) is 57.1 Å². The molecule has 144 valence electrons. The number of nitrogens with one attached hydrogen (secondary N) is 1. The van der Waals surface area contributed by atoms with Crippen molar-refractivity contribution in [3.63, 3.8) is 0 Å². The number of pyridine rings is 1. The molecule has 1 aliphatic rings. The molecule has 0 radical (unpaired) electrons. The van der Waals surface area contributed by atoms with E-state index >= 15 is 0 Å². The van der Waals surface area contributed by atoms with Gasteiger partial charge in [0.25, 0.3) is 0 Å². The average molecular weight is 394 g/mol. The van der Waals surface area contributed by atoms with E-state index in [1.165, 1.54) is 19.4 Å². The number of benzene rings is 1. The van der Waals surface area contributed by atoms with Crippen LogP contribution in [0.15, 0.2) is 54.9 Å². The minimum absolute atomic E-state index is 0.655. The number of hydrogen-bond acceptors (Lipinski definition) is 5. The maximum Gasteiger partial charge on any atom is 0.163 e. The molecule has 28 heavy (non-hydrogen) atoms. The van der Waals surface area contributed by atoms with Crippen LogP contribution in [0.1, 0.15) is 19.3 Å². The lowest BCUT2D eigenvalue weighted by Crippen LogP contribution is -2.27. The maximum atomic E-state index is 6.04. The molecule has 1 aliphatic heterocycles. The number of nitrogens with zero attached hydrogens (tertiary/aromatic N) is 4. The summed E-state index contributed by atoms with van der Waals surface area (Å²) in [4.78, 5) is 16.1. The molecule has 2 aromatic heterocycles. The van der Waals surface area contributed by atoms with Crippen LogP contribution in [-0.2, 0) is 0 Å². The van der Waals surface area contributed by atoms with Crippen LogP contribution >= 0.6 is 11.6 Å². The summed E-state index contributed by atoms with van der Waals surface area (Å²) in [6.45, 7) is 2.09. The van der Waals surface area contributed by atoms with E-state index in [4.69, 9.17) is 21.6 Å². The topological polar surface area (TPSA) is 53.9 Å². The van der Waals surface area contributed by atoms with Crippen LogP contribution < -0.4 is 5.32 Å². The second-order valence-corrected chi connectivity index (χ2v) is 7.64. The van der Waals surface area contributed by atoms with Crippen LogP contribution in [0.4, 0.5) is 5.82 Å². The van der Waals surface area contributed by atoms with Crippen molar-refractivity contribution in [2.45, 2.75) is 25.3 Å². The molecule has 0 amide bonds. The lowest BCUT2D eigenvalue weighted by molar-refractivity contribution is 0.301. The standard InChI is InChI=1S/C22H24ClN5/c1-28-13-3-5-19(28)10-12-25-21-14-20(16-6-8-18(23)9-7-16)26-22(27-21)17-4-2-11-24-15-17/h2,4,6-9,11,14-15,19H,3,5,10,12-13H2,1H3,(H,25,26,27). The number of likely N-dealkylation sites (tertiary alicyclic amines) is 1. The first-order valence-corrected chi connectivity index (χ1v) is 10.1. The Hall–Kier alpha value is -2.50. The molecule has 3 heterocycles. The van der Waals surface area contributed by atoms with E-state index in [0.29, 0.717) is 16.9 Å². The van der Waals surface area contributed by atoms with Crippen LogP contribution in [0.2, 0.25) is 5.02 Å². The summed E-state index contributed by atoms with van der Waals surface area (Å²) in [7, 11) is 2.21. The Kier molecular flexibility index (Phi) is 5.84. The highest BCUT2D eigenvalue weighted by Crippen LogP contribution is 2.25. The van der Waals surface area contributed by atoms with Gasteiger partial charge in [-0.3, -0.25) is 4.98 Å². The molecule has 1 N–H and O–H groups in total. The number of hydrogen-bond donors (Lipinski definition) is 1. The Labute approximate surface area is 170 Å². The number of rotatable bonds is 6. The van der Waals surface area contributed by atoms with Gasteiger partial charge in [0.2, 0.25) is 0 Å². The van der Waals surface area contributed by atoms with Crippen molar-refractivity contribution in [3.05, 3.63) is 59.9 Å². The van der Waals surface area contributed by atoms with Crippen molar-refractivity contribution in [1.29, 1.82) is 0 Å². The van der Waals surface area contributed by atoms with E-state index in [-0.39, 0.29) is 0 Å². The molecule has 1 saturated heterocycles. The van der Waals surface area contributed by atoms with Gasteiger partial charge in [0, 0.05) is 47.2 Å². The van der Waals surface area contributed by atoms with Gasteiger partial charge in [-0.15, -0.1) is 0 Å². The van der Waals surface area contributed by atoms with Crippen LogP contribution in [0.3, 0.4) is 0 Å². The molecular formula is C22H24ClN5. The first kappa shape index (κ1) is 18.8. The van der Waals surface area contributed by atoms with E-state index in [9.17, 15) is 0 Å². The van der Waals surface area contributed by atoms with Crippen molar-refractivity contribution in [2.75, 3.05) is 25.5 Å². The fourth-order valence-corrected chi connectivity index (χ4v) is 3.77. The zero-order valence-corrected chi connectivity index (χ0v) is 16.7. The van der Waals surface area contributed by atoms with Gasteiger partial charge in [0.15, 0.2) is 5.82 Å². The Morgan fingerprint density at radius 2 is 2.00 bits per heavy atom. The predicted octanol–water partition coefficient (Wildman–Crippen LogP) is 4.76. The number of halogens is 1. The summed E-state index contributed by atoms with van der Waals surface area (Å²) in [6.07, 6.45) is 7.22. The molecule has 3 aromatic rings. The highest BCUT2D eigenvalue weighted by atomic mass is 35.5. The Morgan fingerprint density at radius 1 is 1.14 bits per heavy atom.